The van der Waals surface area contributed by atoms with Gasteiger partial charge in [0.2, 0.25) is 0 Å². The smallest absolute Gasteiger partial charge is 0.267 e. The Morgan fingerprint density at radius 1 is 0.667 bits per heavy atom. The van der Waals surface area contributed by atoms with Crippen molar-refractivity contribution in [3.05, 3.63) is 114 Å². The summed E-state index contributed by atoms with van der Waals surface area (Å²) >= 11 is 0. The summed E-state index contributed by atoms with van der Waals surface area (Å²) in [4.78, 5) is 16.7. The number of nitrogens with zero attached hydrogens (tertiary/aromatic N) is 1. The molecule has 0 fully saturated rings. The van der Waals surface area contributed by atoms with E-state index in [1.165, 1.54) is 0 Å². The predicted molar refractivity (Wildman–Crippen MR) is 99.2 cm³/mol. The van der Waals surface area contributed by atoms with Crippen molar-refractivity contribution >= 4 is 17.7 Å². The molecule has 2 nitrogen and oxygen atoms in total. The third-order valence-corrected chi connectivity index (χ3v) is 3.55. The summed E-state index contributed by atoms with van der Waals surface area (Å²) in [5.41, 5.74) is 3.20. The number of hydrogen-bond donors (Lipinski definition) is 0. The van der Waals surface area contributed by atoms with Crippen molar-refractivity contribution in [1.29, 1.82) is 0 Å². The molecule has 0 saturated heterocycles. The lowest BCUT2D eigenvalue weighted by atomic mass is 10.1. The van der Waals surface area contributed by atoms with Gasteiger partial charge in [-0.1, -0.05) is 84.9 Å². The Kier molecular flexibility index (Phi) is 5.10. The lowest BCUT2D eigenvalue weighted by molar-refractivity contribution is 0.100. The van der Waals surface area contributed by atoms with E-state index in [0.29, 0.717) is 11.3 Å². The largest absolute Gasteiger partial charge is 0.277 e. The van der Waals surface area contributed by atoms with Crippen LogP contribution < -0.4 is 0 Å². The SMILES string of the molecule is O=C(N=C(/C=C/c1ccccc1)c1ccccc1)c1ccccc1. The average Bonchev–Trinajstić information content (AvgIpc) is 2.67. The fraction of sp³-hybridized carbons (Fsp3) is 0. The van der Waals surface area contributed by atoms with Crippen molar-refractivity contribution in [2.24, 2.45) is 4.99 Å². The molecule has 0 atom stereocenters. The highest BCUT2D eigenvalue weighted by Crippen LogP contribution is 2.09. The van der Waals surface area contributed by atoms with Gasteiger partial charge in [-0.2, -0.15) is 0 Å². The maximum atomic E-state index is 12.4. The van der Waals surface area contributed by atoms with Gasteiger partial charge in [0.1, 0.15) is 0 Å². The highest BCUT2D eigenvalue weighted by molar-refractivity contribution is 6.17. The fourth-order valence-corrected chi connectivity index (χ4v) is 2.30. The van der Waals surface area contributed by atoms with Crippen LogP contribution >= 0.6 is 0 Å². The van der Waals surface area contributed by atoms with E-state index in [0.717, 1.165) is 11.1 Å². The Morgan fingerprint density at radius 3 is 1.75 bits per heavy atom. The number of aliphatic imine (C=N–C) groups is 1. The van der Waals surface area contributed by atoms with Gasteiger partial charge in [0.05, 0.1) is 5.71 Å². The normalized spacial score (nSPS) is 11.6. The number of carbonyl (C=O) groups excluding carboxylic acids is 1. The number of rotatable bonds is 4. The topological polar surface area (TPSA) is 29.4 Å². The van der Waals surface area contributed by atoms with E-state index in [1.54, 1.807) is 12.1 Å². The van der Waals surface area contributed by atoms with Crippen LogP contribution in [0.25, 0.3) is 6.08 Å². The molecule has 0 spiro atoms. The fourth-order valence-electron chi connectivity index (χ4n) is 2.30. The van der Waals surface area contributed by atoms with Crippen LogP contribution in [0.3, 0.4) is 0 Å². The molecule has 0 bridgehead atoms. The molecule has 0 aromatic heterocycles. The lowest BCUT2D eigenvalue weighted by Gasteiger charge is -2.02. The quantitative estimate of drug-likeness (QED) is 0.621. The summed E-state index contributed by atoms with van der Waals surface area (Å²) in [5.74, 6) is -0.243. The van der Waals surface area contributed by atoms with Gasteiger partial charge in [0.25, 0.3) is 5.91 Å². The van der Waals surface area contributed by atoms with Gasteiger partial charge in [-0.15, -0.1) is 0 Å². The Morgan fingerprint density at radius 2 is 1.17 bits per heavy atom. The molecule has 1 amide bonds. The van der Waals surface area contributed by atoms with E-state index in [2.05, 4.69) is 4.99 Å². The Bertz CT molecular complexity index is 850. The zero-order valence-corrected chi connectivity index (χ0v) is 13.2. The van der Waals surface area contributed by atoms with Crippen molar-refractivity contribution in [3.8, 4) is 0 Å². The molecule has 0 aliphatic rings. The van der Waals surface area contributed by atoms with Crippen molar-refractivity contribution in [2.45, 2.75) is 0 Å². The van der Waals surface area contributed by atoms with Gasteiger partial charge in [0.15, 0.2) is 0 Å². The molecule has 3 aromatic carbocycles. The second kappa shape index (κ2) is 7.84. The average molecular weight is 311 g/mol. The first-order chi connectivity index (χ1) is 11.8. The van der Waals surface area contributed by atoms with Gasteiger partial charge in [-0.25, -0.2) is 4.99 Å². The molecule has 0 aliphatic carbocycles. The first-order valence-electron chi connectivity index (χ1n) is 7.79. The van der Waals surface area contributed by atoms with Crippen LogP contribution in [0.15, 0.2) is 102 Å². The molecule has 3 aromatic rings. The number of allylic oxidation sites excluding steroid dienone is 1. The first-order valence-corrected chi connectivity index (χ1v) is 7.79. The first kappa shape index (κ1) is 15.6. The summed E-state index contributed by atoms with van der Waals surface area (Å²) in [6.45, 7) is 0. The van der Waals surface area contributed by atoms with Gasteiger partial charge in [-0.3, -0.25) is 4.79 Å². The van der Waals surface area contributed by atoms with Crippen molar-refractivity contribution in [2.75, 3.05) is 0 Å². The standard InChI is InChI=1S/C22H17NO/c24-22(20-14-8-3-9-15-20)23-21(19-12-6-2-7-13-19)17-16-18-10-4-1-5-11-18/h1-17H/b17-16+,23-21?. The molecule has 24 heavy (non-hydrogen) atoms. The highest BCUT2D eigenvalue weighted by atomic mass is 16.1. The molecule has 0 heterocycles. The molecule has 0 saturated carbocycles. The Hall–Kier alpha value is -3.26. The predicted octanol–water partition coefficient (Wildman–Crippen LogP) is 5.03. The van der Waals surface area contributed by atoms with Gasteiger partial charge >= 0.3 is 0 Å². The van der Waals surface area contributed by atoms with Crippen LogP contribution in [-0.2, 0) is 0 Å². The van der Waals surface area contributed by atoms with Gasteiger partial charge in [-0.05, 0) is 23.8 Å². The number of carbonyl (C=O) groups is 1. The molecule has 0 unspecified atom stereocenters. The van der Waals surface area contributed by atoms with E-state index in [9.17, 15) is 4.79 Å². The molecule has 2 heteroatoms. The lowest BCUT2D eigenvalue weighted by Crippen LogP contribution is -2.03. The minimum absolute atomic E-state index is 0.243. The van der Waals surface area contributed by atoms with Crippen LogP contribution in [-0.4, -0.2) is 11.6 Å². The van der Waals surface area contributed by atoms with Crippen molar-refractivity contribution < 1.29 is 4.79 Å². The van der Waals surface area contributed by atoms with Crippen LogP contribution in [0.1, 0.15) is 21.5 Å². The van der Waals surface area contributed by atoms with E-state index < -0.39 is 0 Å². The molecular formula is C22H17NO. The van der Waals surface area contributed by atoms with Crippen LogP contribution in [0.2, 0.25) is 0 Å². The third kappa shape index (κ3) is 4.14. The van der Waals surface area contributed by atoms with Crippen LogP contribution in [0, 0.1) is 0 Å². The Labute approximate surface area is 141 Å². The second-order valence-corrected chi connectivity index (χ2v) is 5.28. The van der Waals surface area contributed by atoms with Crippen LogP contribution in [0.4, 0.5) is 0 Å². The minimum Gasteiger partial charge on any atom is -0.267 e. The minimum atomic E-state index is -0.243. The van der Waals surface area contributed by atoms with E-state index in [1.807, 2.05) is 91.0 Å². The molecule has 0 radical (unpaired) electrons. The third-order valence-electron chi connectivity index (χ3n) is 3.55. The maximum Gasteiger partial charge on any atom is 0.277 e. The monoisotopic (exact) mass is 311 g/mol. The number of hydrogen-bond acceptors (Lipinski definition) is 1. The number of amides is 1. The molecule has 3 rings (SSSR count). The van der Waals surface area contributed by atoms with E-state index in [-0.39, 0.29) is 5.91 Å². The Balaban J connectivity index is 1.95. The zero-order valence-electron chi connectivity index (χ0n) is 13.2. The summed E-state index contributed by atoms with van der Waals surface area (Å²) in [6.07, 6.45) is 3.84. The van der Waals surface area contributed by atoms with Crippen LogP contribution in [0.5, 0.6) is 0 Å². The zero-order chi connectivity index (χ0) is 16.6. The van der Waals surface area contributed by atoms with Gasteiger partial charge < -0.3 is 0 Å². The number of benzene rings is 3. The highest BCUT2D eigenvalue weighted by Gasteiger charge is 2.06. The van der Waals surface area contributed by atoms with E-state index >= 15 is 0 Å². The van der Waals surface area contributed by atoms with Gasteiger partial charge in [0, 0.05) is 11.1 Å². The van der Waals surface area contributed by atoms with Crippen molar-refractivity contribution in [1.82, 2.24) is 0 Å². The summed E-state index contributed by atoms with van der Waals surface area (Å²) in [5, 5.41) is 0. The maximum absolute atomic E-state index is 12.4. The molecular weight excluding hydrogens is 294 g/mol. The summed E-state index contributed by atoms with van der Waals surface area (Å²) in [6, 6.07) is 28.8. The van der Waals surface area contributed by atoms with E-state index in [4.69, 9.17) is 0 Å². The molecule has 116 valence electrons. The molecule has 0 aliphatic heterocycles. The summed E-state index contributed by atoms with van der Waals surface area (Å²) < 4.78 is 0. The second-order valence-electron chi connectivity index (χ2n) is 5.28. The summed E-state index contributed by atoms with van der Waals surface area (Å²) in [7, 11) is 0. The van der Waals surface area contributed by atoms with Crippen molar-refractivity contribution in [3.63, 3.8) is 0 Å². The molecule has 0 N–H and O–H groups in total.